The first-order chi connectivity index (χ1) is 8.84. The van der Waals surface area contributed by atoms with E-state index in [0.717, 1.165) is 15.9 Å². The van der Waals surface area contributed by atoms with Gasteiger partial charge in [0, 0.05) is 12.4 Å². The van der Waals surface area contributed by atoms with E-state index in [2.05, 4.69) is 10.4 Å². The van der Waals surface area contributed by atoms with Gasteiger partial charge in [0.2, 0.25) is 0 Å². The highest BCUT2D eigenvalue weighted by Gasteiger charge is 2.27. The molecule has 0 aliphatic rings. The largest absolute Gasteiger partial charge is 0.345 e. The maximum Gasteiger partial charge on any atom is 0.277 e. The summed E-state index contributed by atoms with van der Waals surface area (Å²) in [5.74, 6) is -3.60. The number of hydrogen-bond donors (Lipinski definition) is 2. The Kier molecular flexibility index (Phi) is 3.55. The predicted octanol–water partition coefficient (Wildman–Crippen LogP) is 1.27. The van der Waals surface area contributed by atoms with Gasteiger partial charge in [-0.05, 0) is 13.0 Å². The molecule has 8 heteroatoms. The zero-order valence-electron chi connectivity index (χ0n) is 10.5. The van der Waals surface area contributed by atoms with Gasteiger partial charge in [-0.2, -0.15) is 5.10 Å². The molecular formula is C11H14F2N4OS. The number of carbonyl (C=O) groups excluding carboxylic acids is 1. The summed E-state index contributed by atoms with van der Waals surface area (Å²) in [6.07, 6.45) is 0. The highest BCUT2D eigenvalue weighted by Crippen LogP contribution is 2.27. The zero-order chi connectivity index (χ0) is 14.2. The summed E-state index contributed by atoms with van der Waals surface area (Å²) in [5, 5.41) is 7.26. The standard InChI is InChI=1S/C11H14F2N4OS/c1-6-7-3-8(19-10(7)17(2)16-6)9(18)15-5-11(12,13)4-14/h3H,4-5,14H2,1-2H3,(H,15,18). The van der Waals surface area contributed by atoms with E-state index >= 15 is 0 Å². The topological polar surface area (TPSA) is 72.9 Å². The van der Waals surface area contributed by atoms with Gasteiger partial charge in [0.05, 0.1) is 23.7 Å². The Labute approximate surface area is 112 Å². The van der Waals surface area contributed by atoms with E-state index in [0.29, 0.717) is 4.88 Å². The third kappa shape index (κ3) is 2.74. The third-order valence-corrected chi connectivity index (χ3v) is 3.93. The van der Waals surface area contributed by atoms with Crippen molar-refractivity contribution in [2.45, 2.75) is 12.8 Å². The van der Waals surface area contributed by atoms with Crippen LogP contribution in [0.5, 0.6) is 0 Å². The fraction of sp³-hybridized carbons (Fsp3) is 0.455. The van der Waals surface area contributed by atoms with Gasteiger partial charge in [-0.1, -0.05) is 0 Å². The van der Waals surface area contributed by atoms with Crippen LogP contribution in [-0.2, 0) is 7.05 Å². The lowest BCUT2D eigenvalue weighted by molar-refractivity contribution is 0.0119. The van der Waals surface area contributed by atoms with Crippen LogP contribution < -0.4 is 11.1 Å². The van der Waals surface area contributed by atoms with Gasteiger partial charge in [0.1, 0.15) is 4.83 Å². The molecule has 0 aliphatic carbocycles. The molecule has 0 atom stereocenters. The Balaban J connectivity index is 2.16. The number of aromatic nitrogens is 2. The third-order valence-electron chi connectivity index (χ3n) is 2.73. The number of rotatable bonds is 4. The summed E-state index contributed by atoms with van der Waals surface area (Å²) in [6, 6.07) is 1.66. The predicted molar refractivity (Wildman–Crippen MR) is 69.7 cm³/mol. The molecule has 0 bridgehead atoms. The van der Waals surface area contributed by atoms with Crippen LogP contribution in [0.15, 0.2) is 6.07 Å². The van der Waals surface area contributed by atoms with Crippen molar-refractivity contribution in [3.63, 3.8) is 0 Å². The fourth-order valence-corrected chi connectivity index (χ4v) is 2.73. The first-order valence-corrected chi connectivity index (χ1v) is 6.45. The van der Waals surface area contributed by atoms with E-state index in [1.807, 2.05) is 6.92 Å². The van der Waals surface area contributed by atoms with E-state index < -0.39 is 24.9 Å². The molecule has 2 rings (SSSR count). The molecule has 5 nitrogen and oxygen atoms in total. The second-order valence-electron chi connectivity index (χ2n) is 4.28. The van der Waals surface area contributed by atoms with Crippen LogP contribution in [0.25, 0.3) is 10.2 Å². The van der Waals surface area contributed by atoms with Crippen molar-refractivity contribution >= 4 is 27.5 Å². The number of halogens is 2. The highest BCUT2D eigenvalue weighted by atomic mass is 32.1. The SMILES string of the molecule is Cc1nn(C)c2sc(C(=O)NCC(F)(F)CN)cc12. The molecule has 19 heavy (non-hydrogen) atoms. The van der Waals surface area contributed by atoms with Crippen molar-refractivity contribution in [3.05, 3.63) is 16.6 Å². The van der Waals surface area contributed by atoms with Crippen molar-refractivity contribution in [1.29, 1.82) is 0 Å². The molecule has 0 unspecified atom stereocenters. The minimum Gasteiger partial charge on any atom is -0.345 e. The lowest BCUT2D eigenvalue weighted by atomic mass is 10.3. The van der Waals surface area contributed by atoms with Gasteiger partial charge >= 0.3 is 0 Å². The average Bonchev–Trinajstić information content (AvgIpc) is 2.90. The lowest BCUT2D eigenvalue weighted by Crippen LogP contribution is -2.41. The molecule has 2 aromatic heterocycles. The molecule has 0 saturated heterocycles. The molecule has 0 saturated carbocycles. The number of amides is 1. The van der Waals surface area contributed by atoms with Crippen LogP contribution in [0.4, 0.5) is 8.78 Å². The molecular weight excluding hydrogens is 274 g/mol. The summed E-state index contributed by atoms with van der Waals surface area (Å²) in [7, 11) is 1.77. The summed E-state index contributed by atoms with van der Waals surface area (Å²) >= 11 is 1.22. The number of nitrogens with two attached hydrogens (primary N) is 1. The number of alkyl halides is 2. The van der Waals surface area contributed by atoms with E-state index in [4.69, 9.17) is 5.73 Å². The zero-order valence-corrected chi connectivity index (χ0v) is 11.4. The minimum atomic E-state index is -3.08. The number of hydrogen-bond acceptors (Lipinski definition) is 4. The van der Waals surface area contributed by atoms with Crippen molar-refractivity contribution < 1.29 is 13.6 Å². The van der Waals surface area contributed by atoms with E-state index in [1.165, 1.54) is 11.3 Å². The van der Waals surface area contributed by atoms with Crippen LogP contribution in [0.1, 0.15) is 15.4 Å². The Bertz CT molecular complexity index is 585. The molecule has 0 spiro atoms. The quantitative estimate of drug-likeness (QED) is 0.889. The minimum absolute atomic E-state index is 0.388. The van der Waals surface area contributed by atoms with Crippen molar-refractivity contribution in [1.82, 2.24) is 15.1 Å². The molecule has 2 heterocycles. The molecule has 0 radical (unpaired) electrons. The summed E-state index contributed by atoms with van der Waals surface area (Å²) in [5.41, 5.74) is 5.71. The summed E-state index contributed by atoms with van der Waals surface area (Å²) < 4.78 is 27.6. The van der Waals surface area contributed by atoms with Crippen molar-refractivity contribution in [2.75, 3.05) is 13.1 Å². The monoisotopic (exact) mass is 288 g/mol. The van der Waals surface area contributed by atoms with Crippen molar-refractivity contribution in [2.24, 2.45) is 12.8 Å². The smallest absolute Gasteiger partial charge is 0.277 e. The number of nitrogens with one attached hydrogen (secondary N) is 1. The number of fused-ring (bicyclic) bond motifs is 1. The molecule has 0 fully saturated rings. The van der Waals surface area contributed by atoms with Gasteiger partial charge < -0.3 is 11.1 Å². The summed E-state index contributed by atoms with van der Waals surface area (Å²) in [4.78, 5) is 13.0. The van der Waals surface area contributed by atoms with E-state index in [9.17, 15) is 13.6 Å². The van der Waals surface area contributed by atoms with Gasteiger partial charge in [0.25, 0.3) is 11.8 Å². The maximum atomic E-state index is 13.0. The Morgan fingerprint density at radius 3 is 2.89 bits per heavy atom. The van der Waals surface area contributed by atoms with Crippen LogP contribution >= 0.6 is 11.3 Å². The highest BCUT2D eigenvalue weighted by molar-refractivity contribution is 7.20. The van der Waals surface area contributed by atoms with Gasteiger partial charge in [-0.15, -0.1) is 11.3 Å². The Morgan fingerprint density at radius 2 is 2.32 bits per heavy atom. The second kappa shape index (κ2) is 4.86. The Hall–Kier alpha value is -1.54. The van der Waals surface area contributed by atoms with Crippen LogP contribution in [-0.4, -0.2) is 34.7 Å². The van der Waals surface area contributed by atoms with Crippen LogP contribution in [0.3, 0.4) is 0 Å². The fourth-order valence-electron chi connectivity index (χ4n) is 1.69. The normalized spacial score (nSPS) is 12.1. The molecule has 0 aromatic carbocycles. The first kappa shape index (κ1) is 13.9. The van der Waals surface area contributed by atoms with Crippen molar-refractivity contribution in [3.8, 4) is 0 Å². The molecule has 2 aromatic rings. The molecule has 3 N–H and O–H groups in total. The molecule has 1 amide bonds. The maximum absolute atomic E-state index is 13.0. The Morgan fingerprint density at radius 1 is 1.63 bits per heavy atom. The number of nitrogens with zero attached hydrogens (tertiary/aromatic N) is 2. The number of thiophene rings is 1. The van der Waals surface area contributed by atoms with Gasteiger partial charge in [0.15, 0.2) is 0 Å². The van der Waals surface area contributed by atoms with E-state index in [1.54, 1.807) is 17.8 Å². The second-order valence-corrected chi connectivity index (χ2v) is 5.31. The number of carbonyl (C=O) groups is 1. The van der Waals surface area contributed by atoms with Crippen LogP contribution in [0.2, 0.25) is 0 Å². The van der Waals surface area contributed by atoms with Crippen LogP contribution in [0, 0.1) is 6.92 Å². The summed E-state index contributed by atoms with van der Waals surface area (Å²) in [6.45, 7) is 0.288. The van der Waals surface area contributed by atoms with Gasteiger partial charge in [-0.25, -0.2) is 8.78 Å². The van der Waals surface area contributed by atoms with Gasteiger partial charge in [-0.3, -0.25) is 9.48 Å². The number of aryl methyl sites for hydroxylation is 2. The molecule has 0 aliphatic heterocycles. The molecule has 104 valence electrons. The lowest BCUT2D eigenvalue weighted by Gasteiger charge is -2.13. The first-order valence-electron chi connectivity index (χ1n) is 5.63. The van der Waals surface area contributed by atoms with E-state index in [-0.39, 0.29) is 0 Å². The average molecular weight is 288 g/mol.